The monoisotopic (exact) mass is 197 g/mol. The van der Waals surface area contributed by atoms with Crippen molar-refractivity contribution in [1.82, 2.24) is 9.78 Å². The molecule has 0 saturated heterocycles. The Hall–Kier alpha value is -0.900. The largest absolute Gasteiger partial charge is 0.393 e. The number of thiocarbonyl (C=S) groups is 1. The molecule has 0 saturated carbocycles. The van der Waals surface area contributed by atoms with E-state index in [0.29, 0.717) is 11.0 Å². The lowest BCUT2D eigenvalue weighted by Crippen LogP contribution is -2.17. The standard InChI is InChI=1S/C9H15N3S/c1-3-8(4-9(10)13)12-6-7(2)5-11-12/h5-6,8H,3-4H2,1-2H3,(H2,10,13). The summed E-state index contributed by atoms with van der Waals surface area (Å²) in [6.07, 6.45) is 5.60. The Morgan fingerprint density at radius 2 is 2.46 bits per heavy atom. The quantitative estimate of drug-likeness (QED) is 0.749. The highest BCUT2D eigenvalue weighted by molar-refractivity contribution is 7.80. The number of aryl methyl sites for hydroxylation is 1. The Morgan fingerprint density at radius 3 is 2.85 bits per heavy atom. The summed E-state index contributed by atoms with van der Waals surface area (Å²) in [6.45, 7) is 4.14. The Kier molecular flexibility index (Phi) is 3.42. The molecule has 0 aliphatic heterocycles. The van der Waals surface area contributed by atoms with Crippen LogP contribution >= 0.6 is 12.2 Å². The van der Waals surface area contributed by atoms with Crippen LogP contribution in [0.1, 0.15) is 31.4 Å². The van der Waals surface area contributed by atoms with Gasteiger partial charge < -0.3 is 5.73 Å². The molecule has 0 fully saturated rings. The third-order valence-electron chi connectivity index (χ3n) is 2.01. The van der Waals surface area contributed by atoms with E-state index in [1.54, 1.807) is 0 Å². The van der Waals surface area contributed by atoms with E-state index in [4.69, 9.17) is 18.0 Å². The van der Waals surface area contributed by atoms with Crippen LogP contribution in [0, 0.1) is 6.92 Å². The van der Waals surface area contributed by atoms with Crippen molar-refractivity contribution in [1.29, 1.82) is 0 Å². The van der Waals surface area contributed by atoms with Crippen molar-refractivity contribution in [3.63, 3.8) is 0 Å². The van der Waals surface area contributed by atoms with Crippen LogP contribution in [-0.4, -0.2) is 14.8 Å². The molecule has 1 unspecified atom stereocenters. The van der Waals surface area contributed by atoms with E-state index in [2.05, 4.69) is 12.0 Å². The molecular formula is C9H15N3S. The topological polar surface area (TPSA) is 43.8 Å². The van der Waals surface area contributed by atoms with Crippen LogP contribution in [0.5, 0.6) is 0 Å². The average molecular weight is 197 g/mol. The van der Waals surface area contributed by atoms with Crippen LogP contribution in [0.15, 0.2) is 12.4 Å². The van der Waals surface area contributed by atoms with Gasteiger partial charge in [-0.05, 0) is 18.9 Å². The zero-order chi connectivity index (χ0) is 9.84. The van der Waals surface area contributed by atoms with Crippen molar-refractivity contribution >= 4 is 17.2 Å². The first-order valence-electron chi connectivity index (χ1n) is 4.42. The minimum Gasteiger partial charge on any atom is -0.393 e. The van der Waals surface area contributed by atoms with Gasteiger partial charge in [-0.15, -0.1) is 0 Å². The molecule has 1 atom stereocenters. The third-order valence-corrected chi connectivity index (χ3v) is 2.18. The highest BCUT2D eigenvalue weighted by atomic mass is 32.1. The number of hydrogen-bond acceptors (Lipinski definition) is 2. The van der Waals surface area contributed by atoms with Crippen molar-refractivity contribution < 1.29 is 0 Å². The molecule has 2 N–H and O–H groups in total. The minimum absolute atomic E-state index is 0.311. The van der Waals surface area contributed by atoms with Crippen LogP contribution in [0.25, 0.3) is 0 Å². The molecule has 0 radical (unpaired) electrons. The fourth-order valence-electron chi connectivity index (χ4n) is 1.29. The van der Waals surface area contributed by atoms with E-state index in [9.17, 15) is 0 Å². The molecular weight excluding hydrogens is 182 g/mol. The lowest BCUT2D eigenvalue weighted by molar-refractivity contribution is 0.455. The van der Waals surface area contributed by atoms with Gasteiger partial charge in [-0.25, -0.2) is 0 Å². The zero-order valence-corrected chi connectivity index (χ0v) is 8.84. The van der Waals surface area contributed by atoms with Crippen molar-refractivity contribution in [2.45, 2.75) is 32.7 Å². The fraction of sp³-hybridized carbons (Fsp3) is 0.556. The average Bonchev–Trinajstić information content (AvgIpc) is 2.47. The van der Waals surface area contributed by atoms with Gasteiger partial charge in [0.25, 0.3) is 0 Å². The molecule has 4 heteroatoms. The van der Waals surface area contributed by atoms with Crippen LogP contribution in [0.4, 0.5) is 0 Å². The number of rotatable bonds is 4. The first kappa shape index (κ1) is 10.2. The van der Waals surface area contributed by atoms with Gasteiger partial charge in [-0.2, -0.15) is 5.10 Å². The van der Waals surface area contributed by atoms with Crippen LogP contribution in [-0.2, 0) is 0 Å². The van der Waals surface area contributed by atoms with Crippen LogP contribution in [0.2, 0.25) is 0 Å². The molecule has 0 aliphatic rings. The molecule has 0 aliphatic carbocycles. The highest BCUT2D eigenvalue weighted by Gasteiger charge is 2.10. The predicted molar refractivity (Wildman–Crippen MR) is 57.7 cm³/mol. The van der Waals surface area contributed by atoms with E-state index in [1.165, 1.54) is 5.56 Å². The summed E-state index contributed by atoms with van der Waals surface area (Å²) in [6, 6.07) is 0.311. The first-order chi connectivity index (χ1) is 6.13. The van der Waals surface area contributed by atoms with Gasteiger partial charge in [-0.1, -0.05) is 19.1 Å². The molecule has 1 rings (SSSR count). The maximum atomic E-state index is 5.50. The molecule has 0 spiro atoms. The molecule has 0 aromatic carbocycles. The van der Waals surface area contributed by atoms with Crippen molar-refractivity contribution in [2.75, 3.05) is 0 Å². The summed E-state index contributed by atoms with van der Waals surface area (Å²) in [5.41, 5.74) is 6.67. The Morgan fingerprint density at radius 1 is 1.77 bits per heavy atom. The summed E-state index contributed by atoms with van der Waals surface area (Å²) < 4.78 is 1.94. The van der Waals surface area contributed by atoms with Gasteiger partial charge in [0, 0.05) is 12.6 Å². The molecule has 72 valence electrons. The molecule has 0 amide bonds. The molecule has 3 nitrogen and oxygen atoms in total. The van der Waals surface area contributed by atoms with Gasteiger partial charge in [0.15, 0.2) is 0 Å². The second kappa shape index (κ2) is 4.37. The van der Waals surface area contributed by atoms with Gasteiger partial charge in [0.05, 0.1) is 17.2 Å². The summed E-state index contributed by atoms with van der Waals surface area (Å²) in [5.74, 6) is 0. The second-order valence-corrected chi connectivity index (χ2v) is 3.75. The smallest absolute Gasteiger partial charge is 0.0748 e. The summed E-state index contributed by atoms with van der Waals surface area (Å²) >= 11 is 4.88. The van der Waals surface area contributed by atoms with E-state index < -0.39 is 0 Å². The van der Waals surface area contributed by atoms with Gasteiger partial charge in [0.2, 0.25) is 0 Å². The lowest BCUT2D eigenvalue weighted by Gasteiger charge is -2.14. The van der Waals surface area contributed by atoms with E-state index >= 15 is 0 Å². The summed E-state index contributed by atoms with van der Waals surface area (Å²) in [4.78, 5) is 0.556. The SMILES string of the molecule is CCC(CC(N)=S)n1cc(C)cn1. The van der Waals surface area contributed by atoms with Crippen LogP contribution in [0.3, 0.4) is 0 Å². The lowest BCUT2D eigenvalue weighted by atomic mass is 10.1. The van der Waals surface area contributed by atoms with Crippen molar-refractivity contribution in [2.24, 2.45) is 5.73 Å². The zero-order valence-electron chi connectivity index (χ0n) is 8.03. The van der Waals surface area contributed by atoms with E-state index in [0.717, 1.165) is 12.8 Å². The maximum Gasteiger partial charge on any atom is 0.0748 e. The number of nitrogens with two attached hydrogens (primary N) is 1. The Labute approximate surface area is 83.9 Å². The summed E-state index contributed by atoms with van der Waals surface area (Å²) in [5, 5.41) is 4.24. The normalized spacial score (nSPS) is 12.8. The van der Waals surface area contributed by atoms with E-state index in [1.807, 2.05) is 24.0 Å². The number of hydrogen-bond donors (Lipinski definition) is 1. The van der Waals surface area contributed by atoms with Crippen LogP contribution < -0.4 is 5.73 Å². The molecule has 0 bridgehead atoms. The van der Waals surface area contributed by atoms with Crippen molar-refractivity contribution in [3.8, 4) is 0 Å². The maximum absolute atomic E-state index is 5.50. The molecule has 1 aromatic rings. The number of aromatic nitrogens is 2. The summed E-state index contributed by atoms with van der Waals surface area (Å²) in [7, 11) is 0. The van der Waals surface area contributed by atoms with Gasteiger partial charge >= 0.3 is 0 Å². The highest BCUT2D eigenvalue weighted by Crippen LogP contribution is 2.15. The molecule has 1 aromatic heterocycles. The van der Waals surface area contributed by atoms with Crippen molar-refractivity contribution in [3.05, 3.63) is 18.0 Å². The minimum atomic E-state index is 0.311. The first-order valence-corrected chi connectivity index (χ1v) is 4.83. The van der Waals surface area contributed by atoms with Gasteiger partial charge in [-0.3, -0.25) is 4.68 Å². The Balaban J connectivity index is 2.72. The molecule has 1 heterocycles. The second-order valence-electron chi connectivity index (χ2n) is 3.23. The third kappa shape index (κ3) is 2.81. The Bertz CT molecular complexity index is 293. The van der Waals surface area contributed by atoms with Gasteiger partial charge in [0.1, 0.15) is 0 Å². The van der Waals surface area contributed by atoms with E-state index in [-0.39, 0.29) is 0 Å². The fourth-order valence-corrected chi connectivity index (χ4v) is 1.48. The molecule has 13 heavy (non-hydrogen) atoms. The predicted octanol–water partition coefficient (Wildman–Crippen LogP) is 1.82. The number of nitrogens with zero attached hydrogens (tertiary/aromatic N) is 2.